The Morgan fingerprint density at radius 3 is 2.69 bits per heavy atom. The zero-order valence-electron chi connectivity index (χ0n) is 16.8. The van der Waals surface area contributed by atoms with E-state index in [4.69, 9.17) is 13.9 Å². The van der Waals surface area contributed by atoms with E-state index in [1.54, 1.807) is 0 Å². The monoisotopic (exact) mass is 394 g/mol. The first-order chi connectivity index (χ1) is 14.1. The lowest BCUT2D eigenvalue weighted by Crippen LogP contribution is -2.38. The molecule has 6 nitrogen and oxygen atoms in total. The number of hydrogen-bond acceptors (Lipinski definition) is 5. The van der Waals surface area contributed by atoms with Gasteiger partial charge in [0.1, 0.15) is 24.6 Å². The summed E-state index contributed by atoms with van der Waals surface area (Å²) in [6.07, 6.45) is 0. The van der Waals surface area contributed by atoms with Crippen LogP contribution in [-0.2, 0) is 11.3 Å². The standard InChI is InChI=1S/C23H26N2O4/c1-3-25(15-17-8-9-20-22(12-17)28-11-10-27-20)23(26)14-24-16(2)21-13-18-6-4-5-7-19(18)29-21/h4-9,12-13,16,24H,3,10-11,14-15H2,1-2H3. The minimum Gasteiger partial charge on any atom is -0.486 e. The summed E-state index contributed by atoms with van der Waals surface area (Å²) in [5.74, 6) is 2.38. The number of amides is 1. The van der Waals surface area contributed by atoms with Crippen molar-refractivity contribution in [2.24, 2.45) is 0 Å². The smallest absolute Gasteiger partial charge is 0.236 e. The van der Waals surface area contributed by atoms with Gasteiger partial charge in [-0.1, -0.05) is 24.3 Å². The van der Waals surface area contributed by atoms with Crippen LogP contribution < -0.4 is 14.8 Å². The van der Waals surface area contributed by atoms with Crippen LogP contribution in [0.2, 0.25) is 0 Å². The lowest BCUT2D eigenvalue weighted by atomic mass is 10.1. The summed E-state index contributed by atoms with van der Waals surface area (Å²) in [7, 11) is 0. The molecule has 0 fully saturated rings. The number of carbonyl (C=O) groups excluding carboxylic acids is 1. The summed E-state index contributed by atoms with van der Waals surface area (Å²) in [5.41, 5.74) is 1.88. The lowest BCUT2D eigenvalue weighted by molar-refractivity contribution is -0.130. The largest absolute Gasteiger partial charge is 0.486 e. The van der Waals surface area contributed by atoms with E-state index in [2.05, 4.69) is 5.32 Å². The number of para-hydroxylation sites is 1. The number of carbonyl (C=O) groups is 1. The fourth-order valence-corrected chi connectivity index (χ4v) is 3.45. The van der Waals surface area contributed by atoms with E-state index in [0.29, 0.717) is 26.3 Å². The van der Waals surface area contributed by atoms with Crippen LogP contribution in [-0.4, -0.2) is 37.1 Å². The highest BCUT2D eigenvalue weighted by Gasteiger charge is 2.18. The van der Waals surface area contributed by atoms with Crippen molar-refractivity contribution < 1.29 is 18.7 Å². The number of fused-ring (bicyclic) bond motifs is 2. The van der Waals surface area contributed by atoms with E-state index >= 15 is 0 Å². The second kappa shape index (κ2) is 8.57. The van der Waals surface area contributed by atoms with Gasteiger partial charge in [0.25, 0.3) is 0 Å². The topological polar surface area (TPSA) is 63.9 Å². The second-order valence-electron chi connectivity index (χ2n) is 7.18. The molecular formula is C23H26N2O4. The average Bonchev–Trinajstić information content (AvgIpc) is 3.20. The molecular weight excluding hydrogens is 368 g/mol. The zero-order chi connectivity index (χ0) is 20.2. The van der Waals surface area contributed by atoms with Gasteiger partial charge in [0.05, 0.1) is 12.6 Å². The number of nitrogens with one attached hydrogen (secondary N) is 1. The van der Waals surface area contributed by atoms with Crippen LogP contribution in [0.15, 0.2) is 52.9 Å². The number of benzene rings is 2. The summed E-state index contributed by atoms with van der Waals surface area (Å²) in [6.45, 7) is 6.52. The van der Waals surface area contributed by atoms with Crippen LogP contribution in [0.3, 0.4) is 0 Å². The number of likely N-dealkylation sites (N-methyl/N-ethyl adjacent to an activating group) is 1. The molecule has 1 aromatic heterocycles. The summed E-state index contributed by atoms with van der Waals surface area (Å²) >= 11 is 0. The third kappa shape index (κ3) is 4.38. The highest BCUT2D eigenvalue weighted by atomic mass is 16.6. The molecule has 1 unspecified atom stereocenters. The van der Waals surface area contributed by atoms with E-state index in [0.717, 1.165) is 33.8 Å². The molecule has 1 amide bonds. The Morgan fingerprint density at radius 2 is 1.90 bits per heavy atom. The summed E-state index contributed by atoms with van der Waals surface area (Å²) in [6, 6.07) is 15.7. The van der Waals surface area contributed by atoms with Crippen LogP contribution in [0.25, 0.3) is 11.0 Å². The Bertz CT molecular complexity index is 964. The molecule has 2 aromatic carbocycles. The Labute approximate surface area is 170 Å². The average molecular weight is 394 g/mol. The molecule has 0 spiro atoms. The van der Waals surface area contributed by atoms with E-state index in [1.165, 1.54) is 0 Å². The first-order valence-electron chi connectivity index (χ1n) is 10.0. The quantitative estimate of drug-likeness (QED) is 0.658. The minimum absolute atomic E-state index is 0.0466. The lowest BCUT2D eigenvalue weighted by Gasteiger charge is -2.24. The molecule has 1 N–H and O–H groups in total. The van der Waals surface area contributed by atoms with Crippen LogP contribution in [0, 0.1) is 0 Å². The molecule has 1 aliphatic rings. The number of ether oxygens (including phenoxy) is 2. The van der Waals surface area contributed by atoms with Crippen molar-refractivity contribution in [1.82, 2.24) is 10.2 Å². The molecule has 0 aliphatic carbocycles. The molecule has 0 saturated carbocycles. The van der Waals surface area contributed by atoms with Gasteiger partial charge in [-0.25, -0.2) is 0 Å². The molecule has 6 heteroatoms. The molecule has 3 aromatic rings. The molecule has 0 saturated heterocycles. The van der Waals surface area contributed by atoms with Crippen molar-refractivity contribution in [3.8, 4) is 11.5 Å². The van der Waals surface area contributed by atoms with Gasteiger partial charge in [-0.05, 0) is 43.7 Å². The fraction of sp³-hybridized carbons (Fsp3) is 0.348. The van der Waals surface area contributed by atoms with Crippen molar-refractivity contribution in [2.75, 3.05) is 26.3 Å². The molecule has 1 aliphatic heterocycles. The number of nitrogens with zero attached hydrogens (tertiary/aromatic N) is 1. The molecule has 152 valence electrons. The normalized spacial score (nSPS) is 14.0. The Kier molecular flexibility index (Phi) is 5.71. The second-order valence-corrected chi connectivity index (χ2v) is 7.18. The number of rotatable bonds is 7. The molecule has 0 bridgehead atoms. The Hall–Kier alpha value is -2.99. The van der Waals surface area contributed by atoms with Gasteiger partial charge in [0.2, 0.25) is 5.91 Å². The summed E-state index contributed by atoms with van der Waals surface area (Å²) < 4.78 is 17.1. The summed E-state index contributed by atoms with van der Waals surface area (Å²) in [5, 5.41) is 4.35. The van der Waals surface area contributed by atoms with Crippen molar-refractivity contribution in [3.05, 3.63) is 59.9 Å². The van der Waals surface area contributed by atoms with E-state index in [9.17, 15) is 4.79 Å². The highest BCUT2D eigenvalue weighted by molar-refractivity contribution is 5.79. The predicted octanol–water partition coefficient (Wildman–Crippen LogP) is 3.90. The molecule has 4 rings (SSSR count). The number of furan rings is 1. The van der Waals surface area contributed by atoms with Gasteiger partial charge >= 0.3 is 0 Å². The van der Waals surface area contributed by atoms with Crippen molar-refractivity contribution in [2.45, 2.75) is 26.4 Å². The Morgan fingerprint density at radius 1 is 1.10 bits per heavy atom. The van der Waals surface area contributed by atoms with Gasteiger partial charge in [-0.2, -0.15) is 0 Å². The minimum atomic E-state index is -0.0562. The molecule has 0 radical (unpaired) electrons. The van der Waals surface area contributed by atoms with Crippen LogP contribution in [0.5, 0.6) is 11.5 Å². The van der Waals surface area contributed by atoms with Crippen molar-refractivity contribution in [1.29, 1.82) is 0 Å². The Balaban J connectivity index is 1.36. The highest BCUT2D eigenvalue weighted by Crippen LogP contribution is 2.31. The maximum Gasteiger partial charge on any atom is 0.236 e. The first kappa shape index (κ1) is 19.3. The van der Waals surface area contributed by atoms with Crippen LogP contribution in [0.4, 0.5) is 0 Å². The molecule has 2 heterocycles. The third-order valence-corrected chi connectivity index (χ3v) is 5.15. The predicted molar refractivity (Wildman–Crippen MR) is 111 cm³/mol. The fourth-order valence-electron chi connectivity index (χ4n) is 3.45. The van der Waals surface area contributed by atoms with Crippen LogP contribution in [0.1, 0.15) is 31.2 Å². The van der Waals surface area contributed by atoms with Gasteiger partial charge in [-0.3, -0.25) is 10.1 Å². The number of hydrogen-bond donors (Lipinski definition) is 1. The zero-order valence-corrected chi connectivity index (χ0v) is 16.8. The van der Waals surface area contributed by atoms with Gasteiger partial charge in [-0.15, -0.1) is 0 Å². The van der Waals surface area contributed by atoms with E-state index < -0.39 is 0 Å². The maximum atomic E-state index is 12.8. The van der Waals surface area contributed by atoms with Crippen molar-refractivity contribution >= 4 is 16.9 Å². The molecule has 29 heavy (non-hydrogen) atoms. The molecule has 1 atom stereocenters. The SMILES string of the molecule is CCN(Cc1ccc2c(c1)OCCO2)C(=O)CNC(C)c1cc2ccccc2o1. The van der Waals surface area contributed by atoms with E-state index in [-0.39, 0.29) is 18.5 Å². The third-order valence-electron chi connectivity index (χ3n) is 5.15. The van der Waals surface area contributed by atoms with E-state index in [1.807, 2.05) is 67.3 Å². The first-order valence-corrected chi connectivity index (χ1v) is 10.0. The van der Waals surface area contributed by atoms with Crippen molar-refractivity contribution in [3.63, 3.8) is 0 Å². The van der Waals surface area contributed by atoms with Gasteiger partial charge < -0.3 is 18.8 Å². The van der Waals surface area contributed by atoms with Gasteiger partial charge in [0, 0.05) is 18.5 Å². The summed E-state index contributed by atoms with van der Waals surface area (Å²) in [4.78, 5) is 14.6. The van der Waals surface area contributed by atoms with Crippen LogP contribution >= 0.6 is 0 Å². The maximum absolute atomic E-state index is 12.8. The van der Waals surface area contributed by atoms with Gasteiger partial charge in [0.15, 0.2) is 11.5 Å².